The molecule has 1 aliphatic heterocycles. The molecule has 20 heavy (non-hydrogen) atoms. The van der Waals surface area contributed by atoms with Crippen LogP contribution in [0.4, 0.5) is 0 Å². The number of likely N-dealkylation sites (tertiary alicyclic amines) is 1. The molecule has 0 unspecified atom stereocenters. The maximum atomic E-state index is 12.1. The summed E-state index contributed by atoms with van der Waals surface area (Å²) in [6, 6.07) is 0. The van der Waals surface area contributed by atoms with Crippen molar-refractivity contribution in [1.82, 2.24) is 10.2 Å². The molecular weight excluding hydrogens is 297 g/mol. The highest BCUT2D eigenvalue weighted by Crippen LogP contribution is 2.25. The van der Waals surface area contributed by atoms with Gasteiger partial charge in [-0.3, -0.25) is 4.79 Å². The fraction of sp³-hybridized carbons (Fsp3) is 0.929. The molecule has 0 aromatic carbocycles. The van der Waals surface area contributed by atoms with Crippen LogP contribution in [0.3, 0.4) is 0 Å². The fourth-order valence-corrected chi connectivity index (χ4v) is 3.10. The van der Waals surface area contributed by atoms with E-state index in [9.17, 15) is 4.79 Å². The third-order valence-electron chi connectivity index (χ3n) is 4.36. The molecule has 0 spiro atoms. The van der Waals surface area contributed by atoms with Crippen LogP contribution in [0, 0.1) is 0 Å². The monoisotopic (exact) mass is 325 g/mol. The lowest BCUT2D eigenvalue weighted by atomic mass is 9.82. The first-order valence-electron chi connectivity index (χ1n) is 7.50. The Morgan fingerprint density at radius 1 is 1.00 bits per heavy atom. The third-order valence-corrected chi connectivity index (χ3v) is 4.36. The van der Waals surface area contributed by atoms with Crippen molar-refractivity contribution < 1.29 is 4.79 Å². The molecular formula is C14H29Cl2N3O. The number of hydrogen-bond acceptors (Lipinski definition) is 3. The number of halogens is 2. The summed E-state index contributed by atoms with van der Waals surface area (Å²) in [7, 11) is 0. The van der Waals surface area contributed by atoms with Gasteiger partial charge in [0.05, 0.1) is 5.54 Å². The summed E-state index contributed by atoms with van der Waals surface area (Å²) in [6.45, 7) is 4.09. The van der Waals surface area contributed by atoms with Crippen molar-refractivity contribution in [3.05, 3.63) is 0 Å². The average molecular weight is 326 g/mol. The Kier molecular flexibility index (Phi) is 9.81. The molecule has 2 aliphatic rings. The molecule has 4 nitrogen and oxygen atoms in total. The molecule has 1 heterocycles. The Morgan fingerprint density at radius 3 is 2.15 bits per heavy atom. The van der Waals surface area contributed by atoms with Gasteiger partial charge in [0.1, 0.15) is 0 Å². The Hall–Kier alpha value is -0.0300. The summed E-state index contributed by atoms with van der Waals surface area (Å²) < 4.78 is 0. The zero-order valence-corrected chi connectivity index (χ0v) is 13.9. The summed E-state index contributed by atoms with van der Waals surface area (Å²) in [5.74, 6) is 0.0687. The van der Waals surface area contributed by atoms with Crippen molar-refractivity contribution in [2.75, 3.05) is 26.2 Å². The van der Waals surface area contributed by atoms with E-state index >= 15 is 0 Å². The number of amides is 1. The van der Waals surface area contributed by atoms with Crippen LogP contribution < -0.4 is 11.1 Å². The highest BCUT2D eigenvalue weighted by Gasteiger charge is 2.34. The van der Waals surface area contributed by atoms with E-state index in [0.717, 1.165) is 38.8 Å². The maximum absolute atomic E-state index is 12.1. The van der Waals surface area contributed by atoms with Crippen molar-refractivity contribution in [3.63, 3.8) is 0 Å². The first-order chi connectivity index (χ1) is 8.71. The molecule has 3 N–H and O–H groups in total. The van der Waals surface area contributed by atoms with Crippen LogP contribution in [-0.4, -0.2) is 42.5 Å². The van der Waals surface area contributed by atoms with Crippen molar-refractivity contribution in [2.45, 2.75) is 56.9 Å². The number of carbonyl (C=O) groups excluding carboxylic acids is 1. The van der Waals surface area contributed by atoms with Gasteiger partial charge in [-0.05, 0) is 38.8 Å². The van der Waals surface area contributed by atoms with Crippen molar-refractivity contribution in [2.24, 2.45) is 5.73 Å². The van der Waals surface area contributed by atoms with Crippen LogP contribution in [0.2, 0.25) is 0 Å². The van der Waals surface area contributed by atoms with Gasteiger partial charge in [0.15, 0.2) is 0 Å². The first kappa shape index (κ1) is 20.0. The second-order valence-corrected chi connectivity index (χ2v) is 5.88. The van der Waals surface area contributed by atoms with Gasteiger partial charge >= 0.3 is 0 Å². The van der Waals surface area contributed by atoms with Gasteiger partial charge in [0, 0.05) is 13.1 Å². The van der Waals surface area contributed by atoms with Crippen LogP contribution in [0.25, 0.3) is 0 Å². The van der Waals surface area contributed by atoms with Gasteiger partial charge in [-0.25, -0.2) is 0 Å². The highest BCUT2D eigenvalue weighted by atomic mass is 35.5. The van der Waals surface area contributed by atoms with Gasteiger partial charge in [0.2, 0.25) is 5.91 Å². The van der Waals surface area contributed by atoms with Crippen LogP contribution in [0.5, 0.6) is 0 Å². The van der Waals surface area contributed by atoms with E-state index < -0.39 is 5.54 Å². The van der Waals surface area contributed by atoms with Crippen LogP contribution in [-0.2, 0) is 4.79 Å². The Morgan fingerprint density at radius 2 is 1.55 bits per heavy atom. The van der Waals surface area contributed by atoms with Crippen LogP contribution in [0.15, 0.2) is 0 Å². The highest BCUT2D eigenvalue weighted by molar-refractivity contribution is 5.86. The number of nitrogens with zero attached hydrogens (tertiary/aromatic N) is 1. The third kappa shape index (κ3) is 5.76. The molecule has 0 radical (unpaired) electrons. The van der Waals surface area contributed by atoms with E-state index in [4.69, 9.17) is 5.73 Å². The maximum Gasteiger partial charge on any atom is 0.240 e. The lowest BCUT2D eigenvalue weighted by Crippen LogP contribution is -2.55. The second kappa shape index (κ2) is 9.82. The number of carbonyl (C=O) groups is 1. The Labute approximate surface area is 135 Å². The van der Waals surface area contributed by atoms with Gasteiger partial charge < -0.3 is 16.0 Å². The molecule has 2 rings (SSSR count). The number of hydrogen-bond donors (Lipinski definition) is 2. The quantitative estimate of drug-likeness (QED) is 0.832. The molecule has 1 aliphatic carbocycles. The van der Waals surface area contributed by atoms with E-state index in [1.165, 1.54) is 38.8 Å². The Bertz CT molecular complexity index is 278. The predicted octanol–water partition coefficient (Wildman–Crippen LogP) is 2.09. The van der Waals surface area contributed by atoms with E-state index in [-0.39, 0.29) is 30.7 Å². The van der Waals surface area contributed by atoms with Crippen LogP contribution >= 0.6 is 24.8 Å². The minimum Gasteiger partial charge on any atom is -0.353 e. The Balaban J connectivity index is 0.00000180. The number of piperidine rings is 1. The molecule has 120 valence electrons. The molecule has 1 amide bonds. The molecule has 0 bridgehead atoms. The molecule has 6 heteroatoms. The van der Waals surface area contributed by atoms with Gasteiger partial charge in [-0.1, -0.05) is 25.7 Å². The van der Waals surface area contributed by atoms with Crippen molar-refractivity contribution >= 4 is 30.7 Å². The zero-order chi connectivity index (χ0) is 12.8. The van der Waals surface area contributed by atoms with Gasteiger partial charge in [-0.2, -0.15) is 0 Å². The number of nitrogens with two attached hydrogens (primary N) is 1. The minimum absolute atomic E-state index is 0. The lowest BCUT2D eigenvalue weighted by Gasteiger charge is -2.32. The van der Waals surface area contributed by atoms with E-state index in [1.54, 1.807) is 0 Å². The summed E-state index contributed by atoms with van der Waals surface area (Å²) in [6.07, 6.45) is 9.06. The molecule has 2 fully saturated rings. The van der Waals surface area contributed by atoms with E-state index in [2.05, 4.69) is 10.2 Å². The minimum atomic E-state index is -0.583. The standard InChI is InChI=1S/C14H27N3O.2ClH/c15-14(7-3-1-4-8-14)13(18)16-9-12-17-10-5-2-6-11-17;;/h1-12,15H2,(H,16,18);2*1H. The predicted molar refractivity (Wildman–Crippen MR) is 87.8 cm³/mol. The van der Waals surface area contributed by atoms with Gasteiger partial charge in [0.25, 0.3) is 0 Å². The molecule has 0 atom stereocenters. The summed E-state index contributed by atoms with van der Waals surface area (Å²) >= 11 is 0. The molecule has 1 saturated heterocycles. The normalized spacial score (nSPS) is 22.2. The first-order valence-corrected chi connectivity index (χ1v) is 7.50. The summed E-state index contributed by atoms with van der Waals surface area (Å²) in [5.41, 5.74) is 5.61. The lowest BCUT2D eigenvalue weighted by molar-refractivity contribution is -0.127. The van der Waals surface area contributed by atoms with Gasteiger partial charge in [-0.15, -0.1) is 24.8 Å². The number of rotatable bonds is 4. The second-order valence-electron chi connectivity index (χ2n) is 5.88. The van der Waals surface area contributed by atoms with Crippen LogP contribution in [0.1, 0.15) is 51.4 Å². The smallest absolute Gasteiger partial charge is 0.240 e. The summed E-state index contributed by atoms with van der Waals surface area (Å²) in [5, 5.41) is 3.03. The number of nitrogens with one attached hydrogen (secondary N) is 1. The largest absolute Gasteiger partial charge is 0.353 e. The summed E-state index contributed by atoms with van der Waals surface area (Å²) in [4.78, 5) is 14.5. The van der Waals surface area contributed by atoms with E-state index in [1.807, 2.05) is 0 Å². The van der Waals surface area contributed by atoms with Crippen molar-refractivity contribution in [3.8, 4) is 0 Å². The van der Waals surface area contributed by atoms with E-state index in [0.29, 0.717) is 0 Å². The molecule has 1 saturated carbocycles. The zero-order valence-electron chi connectivity index (χ0n) is 12.2. The van der Waals surface area contributed by atoms with Crippen molar-refractivity contribution in [1.29, 1.82) is 0 Å². The molecule has 0 aromatic heterocycles. The molecule has 0 aromatic rings. The SMILES string of the molecule is Cl.Cl.NC1(C(=O)NCCN2CCCCC2)CCCCC1. The average Bonchev–Trinajstić information content (AvgIpc) is 2.41. The topological polar surface area (TPSA) is 58.4 Å². The fourth-order valence-electron chi connectivity index (χ4n) is 3.10.